The van der Waals surface area contributed by atoms with Gasteiger partial charge in [-0.25, -0.2) is 4.39 Å². The van der Waals surface area contributed by atoms with Crippen LogP contribution in [0.2, 0.25) is 0 Å². The first-order valence-electron chi connectivity index (χ1n) is 6.32. The second-order valence-electron chi connectivity index (χ2n) is 4.95. The van der Waals surface area contributed by atoms with Gasteiger partial charge in [0.1, 0.15) is 11.9 Å². The van der Waals surface area contributed by atoms with Gasteiger partial charge in [0, 0.05) is 0 Å². The summed E-state index contributed by atoms with van der Waals surface area (Å²) in [5.74, 6) is -1.35. The molecule has 0 heterocycles. The van der Waals surface area contributed by atoms with Crippen LogP contribution in [0, 0.1) is 19.7 Å². The smallest absolute Gasteiger partial charge is 0.384 e. The van der Waals surface area contributed by atoms with E-state index in [2.05, 4.69) is 0 Å². The first-order chi connectivity index (χ1) is 9.71. The second-order valence-corrected chi connectivity index (χ2v) is 4.95. The van der Waals surface area contributed by atoms with Gasteiger partial charge in [-0.05, 0) is 48.2 Å². The molecule has 21 heavy (non-hydrogen) atoms. The summed E-state index contributed by atoms with van der Waals surface area (Å²) in [6.45, 7) is 3.53. The Morgan fingerprint density at radius 2 is 1.57 bits per heavy atom. The average molecular weight is 298 g/mol. The number of aliphatic hydroxyl groups excluding tert-OH is 1. The van der Waals surface area contributed by atoms with E-state index in [1.807, 2.05) is 0 Å². The minimum absolute atomic E-state index is 0.0149. The zero-order valence-corrected chi connectivity index (χ0v) is 11.5. The van der Waals surface area contributed by atoms with Gasteiger partial charge in [0.15, 0.2) is 0 Å². The number of aryl methyl sites for hydroxylation is 2. The van der Waals surface area contributed by atoms with Crippen molar-refractivity contribution in [3.63, 3.8) is 0 Å². The molecule has 0 aliphatic rings. The fourth-order valence-corrected chi connectivity index (χ4v) is 2.36. The highest BCUT2D eigenvalue weighted by molar-refractivity contribution is 5.41. The maximum Gasteiger partial charge on any atom is 0.419 e. The molecule has 1 unspecified atom stereocenters. The lowest BCUT2D eigenvalue weighted by molar-refractivity contribution is -0.140. The average Bonchev–Trinajstić information content (AvgIpc) is 2.37. The van der Waals surface area contributed by atoms with E-state index in [-0.39, 0.29) is 5.56 Å². The van der Waals surface area contributed by atoms with Gasteiger partial charge < -0.3 is 5.11 Å². The predicted octanol–water partition coefficient (Wildman–Crippen LogP) is 4.54. The van der Waals surface area contributed by atoms with Crippen molar-refractivity contribution >= 4 is 0 Å². The molecule has 1 atom stereocenters. The molecule has 0 aliphatic heterocycles. The zero-order valence-electron chi connectivity index (χ0n) is 11.5. The Morgan fingerprint density at radius 1 is 1.00 bits per heavy atom. The number of benzene rings is 2. The fraction of sp³-hybridized carbons (Fsp3) is 0.250. The molecule has 0 radical (unpaired) electrons. The molecule has 0 spiro atoms. The molecule has 0 fully saturated rings. The maximum atomic E-state index is 13.3. The van der Waals surface area contributed by atoms with E-state index >= 15 is 0 Å². The second kappa shape index (κ2) is 5.48. The Hall–Kier alpha value is -1.88. The molecule has 1 nitrogen and oxygen atoms in total. The summed E-state index contributed by atoms with van der Waals surface area (Å²) < 4.78 is 51.5. The summed E-state index contributed by atoms with van der Waals surface area (Å²) in [6, 6.07) is 7.88. The van der Waals surface area contributed by atoms with Crippen LogP contribution in [0.15, 0.2) is 36.4 Å². The summed E-state index contributed by atoms with van der Waals surface area (Å²) in [6.07, 6.45) is -6.02. The summed E-state index contributed by atoms with van der Waals surface area (Å²) in [5, 5.41) is 10.3. The monoisotopic (exact) mass is 298 g/mol. The van der Waals surface area contributed by atoms with Crippen LogP contribution in [0.4, 0.5) is 17.6 Å². The molecule has 0 saturated carbocycles. The highest BCUT2D eigenvalue weighted by atomic mass is 19.4. The standard InChI is InChI=1S/C16H14F4O/c1-9-4-3-5-10(2)14(9)15(21)11-6-7-13(17)12(8-11)16(18,19)20/h3-8,15,21H,1-2H3. The van der Waals surface area contributed by atoms with Gasteiger partial charge in [0.05, 0.1) is 5.56 Å². The summed E-state index contributed by atoms with van der Waals surface area (Å²) >= 11 is 0. The van der Waals surface area contributed by atoms with Gasteiger partial charge in [-0.1, -0.05) is 24.3 Å². The Bertz CT molecular complexity index is 642. The van der Waals surface area contributed by atoms with E-state index in [1.165, 1.54) is 6.07 Å². The van der Waals surface area contributed by atoms with Crippen molar-refractivity contribution in [2.45, 2.75) is 26.1 Å². The van der Waals surface area contributed by atoms with Crippen LogP contribution in [0.25, 0.3) is 0 Å². The summed E-state index contributed by atoms with van der Waals surface area (Å²) in [4.78, 5) is 0. The molecule has 0 saturated heterocycles. The van der Waals surface area contributed by atoms with Crippen molar-refractivity contribution in [2.24, 2.45) is 0 Å². The highest BCUT2D eigenvalue weighted by Crippen LogP contribution is 2.35. The third-order valence-corrected chi connectivity index (χ3v) is 3.43. The Kier molecular flexibility index (Phi) is 4.05. The number of aliphatic hydroxyl groups is 1. The Morgan fingerprint density at radius 3 is 2.10 bits per heavy atom. The van der Waals surface area contributed by atoms with Gasteiger partial charge in [-0.3, -0.25) is 0 Å². The van der Waals surface area contributed by atoms with Crippen molar-refractivity contribution in [2.75, 3.05) is 0 Å². The quantitative estimate of drug-likeness (QED) is 0.807. The number of alkyl halides is 3. The van der Waals surface area contributed by atoms with E-state index in [4.69, 9.17) is 0 Å². The lowest BCUT2D eigenvalue weighted by Crippen LogP contribution is -2.11. The van der Waals surface area contributed by atoms with Crippen LogP contribution in [0.5, 0.6) is 0 Å². The molecule has 0 bridgehead atoms. The topological polar surface area (TPSA) is 20.2 Å². The van der Waals surface area contributed by atoms with Crippen LogP contribution < -0.4 is 0 Å². The predicted molar refractivity (Wildman–Crippen MR) is 71.4 cm³/mol. The minimum atomic E-state index is -4.79. The molecule has 0 aromatic heterocycles. The summed E-state index contributed by atoms with van der Waals surface area (Å²) in [7, 11) is 0. The highest BCUT2D eigenvalue weighted by Gasteiger charge is 2.34. The molecule has 112 valence electrons. The van der Waals surface area contributed by atoms with Crippen LogP contribution in [-0.2, 0) is 6.18 Å². The van der Waals surface area contributed by atoms with E-state index in [1.54, 1.807) is 32.0 Å². The van der Waals surface area contributed by atoms with E-state index in [0.717, 1.165) is 17.2 Å². The molecule has 0 aliphatic carbocycles. The van der Waals surface area contributed by atoms with Crippen LogP contribution >= 0.6 is 0 Å². The SMILES string of the molecule is Cc1cccc(C)c1C(O)c1ccc(F)c(C(F)(F)F)c1. The molecular weight excluding hydrogens is 284 g/mol. The lowest BCUT2D eigenvalue weighted by Gasteiger charge is -2.18. The van der Waals surface area contributed by atoms with Crippen LogP contribution in [0.3, 0.4) is 0 Å². The van der Waals surface area contributed by atoms with Crippen molar-refractivity contribution in [1.29, 1.82) is 0 Å². The van der Waals surface area contributed by atoms with Gasteiger partial charge >= 0.3 is 6.18 Å². The van der Waals surface area contributed by atoms with Crippen molar-refractivity contribution in [3.05, 3.63) is 70.0 Å². The third kappa shape index (κ3) is 3.08. The normalized spacial score (nSPS) is 13.3. The molecule has 1 N–H and O–H groups in total. The number of hydrogen-bond acceptors (Lipinski definition) is 1. The zero-order chi connectivity index (χ0) is 15.8. The molecule has 5 heteroatoms. The lowest BCUT2D eigenvalue weighted by atomic mass is 9.92. The Balaban J connectivity index is 2.52. The first kappa shape index (κ1) is 15.5. The largest absolute Gasteiger partial charge is 0.419 e. The van der Waals surface area contributed by atoms with Crippen LogP contribution in [-0.4, -0.2) is 5.11 Å². The first-order valence-corrected chi connectivity index (χ1v) is 6.32. The Labute approximate surface area is 119 Å². The van der Waals surface area contributed by atoms with Crippen molar-refractivity contribution in [1.82, 2.24) is 0 Å². The van der Waals surface area contributed by atoms with Gasteiger partial charge in [-0.15, -0.1) is 0 Å². The number of halogens is 4. The van der Waals surface area contributed by atoms with Crippen molar-refractivity contribution in [3.8, 4) is 0 Å². The van der Waals surface area contributed by atoms with E-state index < -0.39 is 23.7 Å². The number of hydrogen-bond donors (Lipinski definition) is 1. The fourth-order valence-electron chi connectivity index (χ4n) is 2.36. The van der Waals surface area contributed by atoms with Gasteiger partial charge in [0.2, 0.25) is 0 Å². The van der Waals surface area contributed by atoms with Crippen LogP contribution in [0.1, 0.15) is 33.9 Å². The summed E-state index contributed by atoms with van der Waals surface area (Å²) in [5.41, 5.74) is 0.712. The molecule has 2 aromatic carbocycles. The maximum absolute atomic E-state index is 13.3. The number of rotatable bonds is 2. The molecule has 2 aromatic rings. The van der Waals surface area contributed by atoms with Gasteiger partial charge in [-0.2, -0.15) is 13.2 Å². The third-order valence-electron chi connectivity index (χ3n) is 3.43. The minimum Gasteiger partial charge on any atom is -0.384 e. The van der Waals surface area contributed by atoms with Crippen molar-refractivity contribution < 1.29 is 22.7 Å². The molecular formula is C16H14F4O. The van der Waals surface area contributed by atoms with Gasteiger partial charge in [0.25, 0.3) is 0 Å². The molecule has 0 amide bonds. The molecule has 2 rings (SSSR count). The van der Waals surface area contributed by atoms with E-state index in [0.29, 0.717) is 11.6 Å². The van der Waals surface area contributed by atoms with E-state index in [9.17, 15) is 22.7 Å².